The molecule has 0 aliphatic carbocycles. The number of benzene rings is 4. The molecule has 1 aliphatic rings. The zero-order valence-electron chi connectivity index (χ0n) is 20.4. The van der Waals surface area contributed by atoms with Gasteiger partial charge in [-0.25, -0.2) is 16.8 Å². The van der Waals surface area contributed by atoms with E-state index in [1.807, 2.05) is 30.3 Å². The zero-order chi connectivity index (χ0) is 26.9. The lowest BCUT2D eigenvalue weighted by Gasteiger charge is -2.34. The fraction of sp³-hybridized carbons (Fsp3) is 0.148. The summed E-state index contributed by atoms with van der Waals surface area (Å²) in [6, 6.07) is 25.1. The molecule has 1 heterocycles. The van der Waals surface area contributed by atoms with E-state index in [0.717, 1.165) is 10.8 Å². The van der Waals surface area contributed by atoms with E-state index in [1.165, 1.54) is 35.5 Å². The van der Waals surface area contributed by atoms with Crippen molar-refractivity contribution in [3.05, 3.63) is 91.0 Å². The van der Waals surface area contributed by atoms with Gasteiger partial charge in [-0.3, -0.25) is 13.8 Å². The van der Waals surface area contributed by atoms with Crippen LogP contribution in [-0.2, 0) is 24.8 Å². The van der Waals surface area contributed by atoms with Crippen LogP contribution in [0.1, 0.15) is 6.92 Å². The number of rotatable bonds is 7. The van der Waals surface area contributed by atoms with Crippen LogP contribution in [-0.4, -0.2) is 41.1 Å². The monoisotopic (exact) mass is 551 g/mol. The smallest absolute Gasteiger partial charge is 0.267 e. The number of sulfonamides is 2. The molecule has 0 fully saturated rings. The maximum Gasteiger partial charge on any atom is 0.267 e. The minimum Gasteiger partial charge on any atom is -0.476 e. The lowest BCUT2D eigenvalue weighted by molar-refractivity contribution is -0.122. The average molecular weight is 552 g/mol. The molecule has 38 heavy (non-hydrogen) atoms. The summed E-state index contributed by atoms with van der Waals surface area (Å²) in [6.45, 7) is 1.35. The third kappa shape index (κ3) is 5.02. The highest BCUT2D eigenvalue weighted by Gasteiger charge is 2.36. The summed E-state index contributed by atoms with van der Waals surface area (Å²) in [5.41, 5.74) is 1.18. The van der Waals surface area contributed by atoms with Crippen LogP contribution in [0.25, 0.3) is 10.8 Å². The molecule has 2 N–H and O–H groups in total. The lowest BCUT2D eigenvalue weighted by Crippen LogP contribution is -2.49. The van der Waals surface area contributed by atoms with Crippen molar-refractivity contribution in [1.29, 1.82) is 0 Å². The molecule has 0 saturated heterocycles. The van der Waals surface area contributed by atoms with Gasteiger partial charge in [-0.1, -0.05) is 48.5 Å². The zero-order valence-corrected chi connectivity index (χ0v) is 22.0. The number of amides is 1. The van der Waals surface area contributed by atoms with E-state index >= 15 is 0 Å². The molecule has 0 radical (unpaired) electrons. The van der Waals surface area contributed by atoms with Gasteiger partial charge in [-0.15, -0.1) is 0 Å². The molecular formula is C27H25N3O6S2. The summed E-state index contributed by atoms with van der Waals surface area (Å²) in [4.78, 5) is 13.0. The lowest BCUT2D eigenvalue weighted by atomic mass is 10.1. The van der Waals surface area contributed by atoms with Crippen molar-refractivity contribution in [2.45, 2.75) is 17.9 Å². The Balaban J connectivity index is 1.32. The second-order valence-corrected chi connectivity index (χ2v) is 12.5. The summed E-state index contributed by atoms with van der Waals surface area (Å²) >= 11 is 0. The highest BCUT2D eigenvalue weighted by Crippen LogP contribution is 2.35. The number of hydrogen-bond acceptors (Lipinski definition) is 6. The van der Waals surface area contributed by atoms with Crippen molar-refractivity contribution in [2.24, 2.45) is 0 Å². The Morgan fingerprint density at radius 1 is 0.895 bits per heavy atom. The molecular weight excluding hydrogens is 526 g/mol. The molecule has 0 aromatic heterocycles. The summed E-state index contributed by atoms with van der Waals surface area (Å²) in [5, 5.41) is 4.36. The van der Waals surface area contributed by atoms with E-state index in [9.17, 15) is 21.6 Å². The first-order valence-corrected chi connectivity index (χ1v) is 14.9. The van der Waals surface area contributed by atoms with Gasteiger partial charge in [-0.05, 0) is 54.8 Å². The Morgan fingerprint density at radius 3 is 2.34 bits per heavy atom. The van der Waals surface area contributed by atoms with Crippen LogP contribution >= 0.6 is 0 Å². The summed E-state index contributed by atoms with van der Waals surface area (Å²) < 4.78 is 61.0. The van der Waals surface area contributed by atoms with Gasteiger partial charge in [0.05, 0.1) is 28.6 Å². The van der Waals surface area contributed by atoms with E-state index in [0.29, 0.717) is 17.1 Å². The third-order valence-electron chi connectivity index (χ3n) is 6.19. The van der Waals surface area contributed by atoms with E-state index in [4.69, 9.17) is 4.74 Å². The van der Waals surface area contributed by atoms with Crippen molar-refractivity contribution < 1.29 is 26.4 Å². The molecule has 0 spiro atoms. The number of fused-ring (bicyclic) bond motifs is 2. The van der Waals surface area contributed by atoms with Crippen molar-refractivity contribution in [3.63, 3.8) is 0 Å². The number of ether oxygens (including phenoxy) is 1. The summed E-state index contributed by atoms with van der Waals surface area (Å²) in [6.07, 6.45) is -1.09. The Bertz CT molecular complexity index is 1720. The second-order valence-electron chi connectivity index (χ2n) is 8.65. The van der Waals surface area contributed by atoms with E-state index in [1.54, 1.807) is 36.4 Å². The molecule has 1 aliphatic heterocycles. The van der Waals surface area contributed by atoms with Gasteiger partial charge >= 0.3 is 0 Å². The van der Waals surface area contributed by atoms with Crippen LogP contribution in [0.15, 0.2) is 95.9 Å². The highest BCUT2D eigenvalue weighted by molar-refractivity contribution is 7.93. The van der Waals surface area contributed by atoms with E-state index in [-0.39, 0.29) is 22.9 Å². The molecule has 11 heteroatoms. The molecule has 9 nitrogen and oxygen atoms in total. The molecule has 5 rings (SSSR count). The average Bonchev–Trinajstić information content (AvgIpc) is 2.92. The van der Waals surface area contributed by atoms with Gasteiger partial charge in [0.25, 0.3) is 15.9 Å². The number of carbonyl (C=O) groups excluding carboxylic acids is 1. The number of nitrogens with one attached hydrogen (secondary N) is 2. The van der Waals surface area contributed by atoms with Crippen LogP contribution in [0.4, 0.5) is 17.1 Å². The minimum absolute atomic E-state index is 0.0199. The van der Waals surface area contributed by atoms with Crippen molar-refractivity contribution in [1.82, 2.24) is 0 Å². The predicted molar refractivity (Wildman–Crippen MR) is 147 cm³/mol. The van der Waals surface area contributed by atoms with Crippen molar-refractivity contribution in [2.75, 3.05) is 26.6 Å². The van der Waals surface area contributed by atoms with Crippen LogP contribution < -0.4 is 19.1 Å². The quantitative estimate of drug-likeness (QED) is 0.355. The summed E-state index contributed by atoms with van der Waals surface area (Å²) in [7, 11) is -7.53. The minimum atomic E-state index is -3.89. The molecule has 0 unspecified atom stereocenters. The van der Waals surface area contributed by atoms with Crippen LogP contribution in [0.2, 0.25) is 0 Å². The highest BCUT2D eigenvalue weighted by atomic mass is 32.2. The first kappa shape index (κ1) is 25.6. The summed E-state index contributed by atoms with van der Waals surface area (Å²) in [5.74, 6) is -0.393. The first-order chi connectivity index (χ1) is 18.2. The van der Waals surface area contributed by atoms with Gasteiger partial charge in [0.1, 0.15) is 5.75 Å². The number of hydrogen-bond donors (Lipinski definition) is 2. The van der Waals surface area contributed by atoms with E-state index in [2.05, 4.69) is 10.0 Å². The fourth-order valence-corrected chi connectivity index (χ4v) is 6.42. The first-order valence-electron chi connectivity index (χ1n) is 11.9. The van der Waals surface area contributed by atoms with Gasteiger partial charge in [0, 0.05) is 11.1 Å². The Labute approximate surface area is 221 Å². The number of nitrogens with zero attached hydrogens (tertiary/aromatic N) is 1. The fourth-order valence-electron chi connectivity index (χ4n) is 4.22. The molecule has 4 aromatic rings. The number of anilines is 3. The molecule has 196 valence electrons. The maximum absolute atomic E-state index is 13.0. The predicted octanol–water partition coefficient (Wildman–Crippen LogP) is 4.20. The van der Waals surface area contributed by atoms with Crippen LogP contribution in [0.3, 0.4) is 0 Å². The number of para-hydroxylation sites is 2. The molecule has 4 aromatic carbocycles. The third-order valence-corrected chi connectivity index (χ3v) is 9.32. The topological polar surface area (TPSA) is 122 Å². The Kier molecular flexibility index (Phi) is 6.72. The normalized spacial score (nSPS) is 15.4. The molecule has 0 bridgehead atoms. The van der Waals surface area contributed by atoms with Crippen LogP contribution in [0.5, 0.6) is 5.75 Å². The number of carbonyl (C=O) groups is 1. The van der Waals surface area contributed by atoms with Crippen LogP contribution in [0, 0.1) is 0 Å². The Morgan fingerprint density at radius 2 is 1.58 bits per heavy atom. The maximum atomic E-state index is 13.0. The standard InChI is InChI=1S/C27H25N3O6S2/c1-2-37(32,33)30-18-26(36-25-13-6-5-12-24(25)30)27(31)28-20-14-16-21(17-15-20)38(34,35)29-23-11-7-9-19-8-3-4-10-22(19)23/h3-17,26,29H,2,18H2,1H3,(H,28,31)/t26-/m1/s1. The van der Waals surface area contributed by atoms with Gasteiger partial charge in [-0.2, -0.15) is 0 Å². The van der Waals surface area contributed by atoms with Crippen molar-refractivity contribution >= 4 is 53.8 Å². The largest absolute Gasteiger partial charge is 0.476 e. The Hall–Kier alpha value is -4.09. The molecule has 0 saturated carbocycles. The molecule has 1 atom stereocenters. The second kappa shape index (κ2) is 9.99. The van der Waals surface area contributed by atoms with Gasteiger partial charge < -0.3 is 10.1 Å². The van der Waals surface area contributed by atoms with E-state index < -0.39 is 32.1 Å². The molecule has 1 amide bonds. The SMILES string of the molecule is CCS(=O)(=O)N1C[C@H](C(=O)Nc2ccc(S(=O)(=O)Nc3cccc4ccccc34)cc2)Oc2ccccc21. The van der Waals surface area contributed by atoms with Gasteiger partial charge in [0.2, 0.25) is 10.0 Å². The van der Waals surface area contributed by atoms with Crippen molar-refractivity contribution in [3.8, 4) is 5.75 Å². The van der Waals surface area contributed by atoms with Gasteiger partial charge in [0.15, 0.2) is 6.10 Å².